The minimum absolute atomic E-state index is 0.0252. The Hall–Kier alpha value is -0.540. The van der Waals surface area contributed by atoms with Gasteiger partial charge in [-0.15, -0.1) is 0 Å². The Morgan fingerprint density at radius 1 is 1.30 bits per heavy atom. The van der Waals surface area contributed by atoms with Crippen molar-refractivity contribution in [3.63, 3.8) is 0 Å². The van der Waals surface area contributed by atoms with Crippen molar-refractivity contribution in [3.05, 3.63) is 44.2 Å². The highest BCUT2D eigenvalue weighted by atomic mass is 79.9. The topological polar surface area (TPSA) is 79.5 Å². The average molecular weight is 446 g/mol. The van der Waals surface area contributed by atoms with Crippen LogP contribution in [0, 0.1) is 0 Å². The van der Waals surface area contributed by atoms with Gasteiger partial charge in [0.1, 0.15) is 17.3 Å². The Balaban J connectivity index is 2.35. The zero-order valence-corrected chi connectivity index (χ0v) is 14.5. The Morgan fingerprint density at radius 2 is 2.00 bits per heavy atom. The van der Waals surface area contributed by atoms with E-state index in [0.717, 1.165) is 0 Å². The number of hydrogen-bond donors (Lipinski definition) is 2. The van der Waals surface area contributed by atoms with Crippen molar-refractivity contribution in [3.8, 4) is 0 Å². The molecule has 1 heterocycles. The first-order valence-electron chi connectivity index (χ1n) is 5.20. The first-order chi connectivity index (χ1) is 9.33. The summed E-state index contributed by atoms with van der Waals surface area (Å²) in [6.07, 6.45) is 0. The quantitative estimate of drug-likeness (QED) is 0.751. The van der Waals surface area contributed by atoms with Crippen LogP contribution < -0.4 is 4.72 Å². The first kappa shape index (κ1) is 15.8. The van der Waals surface area contributed by atoms with Crippen LogP contribution in [0.3, 0.4) is 0 Å². The third-order valence-electron chi connectivity index (χ3n) is 2.32. The normalized spacial score (nSPS) is 11.6. The van der Waals surface area contributed by atoms with Gasteiger partial charge in [-0.25, -0.2) is 8.42 Å². The molecule has 0 saturated heterocycles. The Kier molecular flexibility index (Phi) is 4.80. The standard InChI is InChI=1S/C11H8Br2ClNO4S/c12-8-2-1-6(3-9(8)14)15-20(17,18)10-4-7(5-16)19-11(10)13/h1-4,15-16H,5H2. The molecule has 0 radical (unpaired) electrons. The van der Waals surface area contributed by atoms with Crippen molar-refractivity contribution in [2.24, 2.45) is 0 Å². The minimum Gasteiger partial charge on any atom is -0.450 e. The Bertz CT molecular complexity index is 745. The van der Waals surface area contributed by atoms with Crippen LogP contribution >= 0.6 is 43.5 Å². The lowest BCUT2D eigenvalue weighted by molar-refractivity contribution is 0.245. The lowest BCUT2D eigenvalue weighted by Gasteiger charge is -2.07. The van der Waals surface area contributed by atoms with Crippen LogP contribution in [-0.4, -0.2) is 13.5 Å². The fourth-order valence-electron chi connectivity index (χ4n) is 1.43. The van der Waals surface area contributed by atoms with E-state index >= 15 is 0 Å². The van der Waals surface area contributed by atoms with Crippen molar-refractivity contribution < 1.29 is 17.9 Å². The summed E-state index contributed by atoms with van der Waals surface area (Å²) < 4.78 is 32.5. The second-order valence-corrected chi connectivity index (χ2v) is 7.38. The van der Waals surface area contributed by atoms with Gasteiger partial charge >= 0.3 is 0 Å². The van der Waals surface area contributed by atoms with Gasteiger partial charge in [0, 0.05) is 10.5 Å². The van der Waals surface area contributed by atoms with Crippen molar-refractivity contribution in [1.29, 1.82) is 0 Å². The first-order valence-corrected chi connectivity index (χ1v) is 8.65. The number of furan rings is 1. The monoisotopic (exact) mass is 443 g/mol. The molecule has 108 valence electrons. The molecule has 0 aliphatic heterocycles. The summed E-state index contributed by atoms with van der Waals surface area (Å²) in [5, 5.41) is 9.33. The molecule has 0 saturated carbocycles. The number of sulfonamides is 1. The van der Waals surface area contributed by atoms with Crippen molar-refractivity contribution in [1.82, 2.24) is 0 Å². The third kappa shape index (κ3) is 3.37. The van der Waals surface area contributed by atoms with Gasteiger partial charge in [-0.2, -0.15) is 0 Å². The molecule has 2 N–H and O–H groups in total. The van der Waals surface area contributed by atoms with E-state index in [9.17, 15) is 8.42 Å². The van der Waals surface area contributed by atoms with E-state index in [1.165, 1.54) is 12.1 Å². The van der Waals surface area contributed by atoms with E-state index < -0.39 is 16.6 Å². The van der Waals surface area contributed by atoms with E-state index in [2.05, 4.69) is 36.6 Å². The predicted octanol–water partition coefficient (Wildman–Crippen LogP) is 3.75. The summed E-state index contributed by atoms with van der Waals surface area (Å²) in [4.78, 5) is -0.0967. The van der Waals surface area contributed by atoms with Gasteiger partial charge in [-0.1, -0.05) is 11.6 Å². The molecule has 0 aliphatic rings. The highest BCUT2D eigenvalue weighted by Crippen LogP contribution is 2.30. The fraction of sp³-hybridized carbons (Fsp3) is 0.0909. The predicted molar refractivity (Wildman–Crippen MR) is 82.3 cm³/mol. The average Bonchev–Trinajstić information content (AvgIpc) is 2.76. The molecule has 2 aromatic rings. The van der Waals surface area contributed by atoms with Gasteiger partial charge in [-0.05, 0) is 50.1 Å². The van der Waals surface area contributed by atoms with Crippen molar-refractivity contribution in [2.75, 3.05) is 4.72 Å². The van der Waals surface area contributed by atoms with E-state index in [0.29, 0.717) is 15.2 Å². The summed E-state index contributed by atoms with van der Waals surface area (Å²) in [5.41, 5.74) is 0.317. The van der Waals surface area contributed by atoms with Crippen LogP contribution in [0.5, 0.6) is 0 Å². The van der Waals surface area contributed by atoms with Crippen molar-refractivity contribution in [2.45, 2.75) is 11.5 Å². The Morgan fingerprint density at radius 3 is 2.55 bits per heavy atom. The molecule has 0 fully saturated rings. The van der Waals surface area contributed by atoms with Gasteiger partial charge in [-0.3, -0.25) is 4.72 Å². The molecule has 20 heavy (non-hydrogen) atoms. The highest BCUT2D eigenvalue weighted by molar-refractivity contribution is 9.10. The number of hydrogen-bond acceptors (Lipinski definition) is 4. The lowest BCUT2D eigenvalue weighted by Crippen LogP contribution is -2.12. The summed E-state index contributed by atoms with van der Waals surface area (Å²) in [6.45, 7) is -0.391. The van der Waals surface area contributed by atoms with Gasteiger partial charge in [0.25, 0.3) is 10.0 Å². The number of rotatable bonds is 4. The van der Waals surface area contributed by atoms with Crippen LogP contribution in [0.2, 0.25) is 5.02 Å². The van der Waals surface area contributed by atoms with E-state index in [1.807, 2.05) is 0 Å². The number of aliphatic hydroxyl groups is 1. The molecule has 0 unspecified atom stereocenters. The number of benzene rings is 1. The largest absolute Gasteiger partial charge is 0.450 e. The highest BCUT2D eigenvalue weighted by Gasteiger charge is 2.22. The number of halogens is 3. The lowest BCUT2D eigenvalue weighted by atomic mass is 10.3. The zero-order chi connectivity index (χ0) is 14.9. The summed E-state index contributed by atoms with van der Waals surface area (Å²) >= 11 is 12.1. The molecule has 0 amide bonds. The third-order valence-corrected chi connectivity index (χ3v) is 5.79. The number of aliphatic hydroxyl groups excluding tert-OH is 1. The van der Waals surface area contributed by atoms with E-state index in [4.69, 9.17) is 21.1 Å². The molecule has 0 spiro atoms. The Labute approximate surface area is 137 Å². The second-order valence-electron chi connectivity index (χ2n) is 3.74. The molecule has 1 aromatic carbocycles. The summed E-state index contributed by atoms with van der Waals surface area (Å²) in [5.74, 6) is 0.145. The van der Waals surface area contributed by atoms with E-state index in [-0.39, 0.29) is 15.3 Å². The molecular formula is C11H8Br2ClNO4S. The molecule has 0 aliphatic carbocycles. The van der Waals surface area contributed by atoms with Crippen LogP contribution in [0.1, 0.15) is 5.76 Å². The van der Waals surface area contributed by atoms with Gasteiger partial charge in [0.2, 0.25) is 0 Å². The molecule has 2 rings (SSSR count). The smallest absolute Gasteiger partial charge is 0.266 e. The molecule has 0 atom stereocenters. The van der Waals surface area contributed by atoms with Crippen LogP contribution in [0.4, 0.5) is 5.69 Å². The SMILES string of the molecule is O=S(=O)(Nc1ccc(Br)c(Cl)c1)c1cc(CO)oc1Br. The van der Waals surface area contributed by atoms with Crippen molar-refractivity contribution >= 4 is 59.2 Å². The molecule has 9 heteroatoms. The maximum Gasteiger partial charge on any atom is 0.266 e. The molecule has 0 bridgehead atoms. The van der Waals surface area contributed by atoms with Crippen LogP contribution in [0.25, 0.3) is 0 Å². The molecule has 1 aromatic heterocycles. The summed E-state index contributed by atoms with van der Waals surface area (Å²) in [7, 11) is -3.84. The maximum absolute atomic E-state index is 12.2. The number of anilines is 1. The molecular weight excluding hydrogens is 437 g/mol. The van der Waals surface area contributed by atoms with Crippen LogP contribution in [0.15, 0.2) is 42.7 Å². The van der Waals surface area contributed by atoms with Gasteiger partial charge in [0.05, 0.1) is 10.7 Å². The summed E-state index contributed by atoms with van der Waals surface area (Å²) in [6, 6.07) is 5.91. The second kappa shape index (κ2) is 6.07. The van der Waals surface area contributed by atoms with Gasteiger partial charge in [0.15, 0.2) is 4.67 Å². The van der Waals surface area contributed by atoms with Gasteiger partial charge < -0.3 is 9.52 Å². The minimum atomic E-state index is -3.84. The van der Waals surface area contributed by atoms with Crippen LogP contribution in [-0.2, 0) is 16.6 Å². The van der Waals surface area contributed by atoms with E-state index in [1.54, 1.807) is 12.1 Å². The zero-order valence-electron chi connectivity index (χ0n) is 9.73. The molecule has 5 nitrogen and oxygen atoms in total. The fourth-order valence-corrected chi connectivity index (χ4v) is 3.90. The maximum atomic E-state index is 12.2. The number of nitrogens with one attached hydrogen (secondary N) is 1.